The Morgan fingerprint density at radius 2 is 1.75 bits per heavy atom. The van der Waals surface area contributed by atoms with Gasteiger partial charge in [0.05, 0.1) is 16.8 Å². The van der Waals surface area contributed by atoms with Crippen LogP contribution in [0.3, 0.4) is 0 Å². The molecule has 0 fully saturated rings. The molecule has 0 saturated heterocycles. The largest absolute Gasteiger partial charge is 0.502 e. The van der Waals surface area contributed by atoms with Crippen LogP contribution in [0.1, 0.15) is 16.2 Å². The minimum atomic E-state index is -0.712. The Bertz CT molecular complexity index is 1250. The Labute approximate surface area is 181 Å². The van der Waals surface area contributed by atoms with Crippen LogP contribution < -0.4 is 5.43 Å². The topological polar surface area (TPSA) is 136 Å². The fraction of sp³-hybridized carbons (Fsp3) is 0. The predicted octanol–water partition coefficient (Wildman–Crippen LogP) is 3.31. The van der Waals surface area contributed by atoms with Crippen molar-refractivity contribution in [3.63, 3.8) is 0 Å². The highest BCUT2D eigenvalue weighted by molar-refractivity contribution is 5.92. The van der Waals surface area contributed by atoms with Gasteiger partial charge in [-0.3, -0.25) is 14.9 Å². The molecule has 10 heteroatoms. The average Bonchev–Trinajstić information content (AvgIpc) is 3.27. The van der Waals surface area contributed by atoms with Gasteiger partial charge in [0.2, 0.25) is 5.82 Å². The summed E-state index contributed by atoms with van der Waals surface area (Å²) in [5.41, 5.74) is 3.69. The Balaban J connectivity index is 1.59. The lowest BCUT2D eigenvalue weighted by atomic mass is 10.2. The zero-order valence-electron chi connectivity index (χ0n) is 16.5. The van der Waals surface area contributed by atoms with E-state index in [1.807, 2.05) is 60.7 Å². The van der Waals surface area contributed by atoms with Crippen LogP contribution in [0.15, 0.2) is 84.0 Å². The molecule has 32 heavy (non-hydrogen) atoms. The zero-order valence-corrected chi connectivity index (χ0v) is 16.5. The summed E-state index contributed by atoms with van der Waals surface area (Å²) in [6.07, 6.45) is 1.22. The molecule has 0 aliphatic heterocycles. The van der Waals surface area contributed by atoms with Crippen LogP contribution in [0.2, 0.25) is 0 Å². The second-order valence-electron chi connectivity index (χ2n) is 6.58. The fourth-order valence-corrected chi connectivity index (χ4v) is 2.91. The second kappa shape index (κ2) is 8.88. The third kappa shape index (κ3) is 4.33. The van der Waals surface area contributed by atoms with E-state index in [-0.39, 0.29) is 5.82 Å². The van der Waals surface area contributed by atoms with Crippen LogP contribution in [-0.4, -0.2) is 36.9 Å². The summed E-state index contributed by atoms with van der Waals surface area (Å²) >= 11 is 0. The van der Waals surface area contributed by atoms with E-state index < -0.39 is 22.3 Å². The predicted molar refractivity (Wildman–Crippen MR) is 117 cm³/mol. The molecule has 0 aliphatic rings. The molecule has 1 amide bonds. The maximum atomic E-state index is 12.6. The lowest BCUT2D eigenvalue weighted by Gasteiger charge is -2.05. The molecule has 0 atom stereocenters. The van der Waals surface area contributed by atoms with Crippen LogP contribution >= 0.6 is 0 Å². The number of nitro groups is 1. The molecule has 1 heterocycles. The first kappa shape index (κ1) is 20.4. The Kier molecular flexibility index (Phi) is 5.66. The molecule has 2 N–H and O–H groups in total. The summed E-state index contributed by atoms with van der Waals surface area (Å²) in [6.45, 7) is 0. The van der Waals surface area contributed by atoms with Gasteiger partial charge in [0.15, 0.2) is 11.6 Å². The van der Waals surface area contributed by atoms with E-state index in [1.54, 1.807) is 4.68 Å². The van der Waals surface area contributed by atoms with Crippen LogP contribution in [-0.2, 0) is 0 Å². The number of benzene rings is 3. The average molecular weight is 428 g/mol. The number of carbonyl (C=O) groups excluding carboxylic acids is 1. The van der Waals surface area contributed by atoms with E-state index in [0.29, 0.717) is 11.4 Å². The van der Waals surface area contributed by atoms with Gasteiger partial charge >= 0.3 is 11.6 Å². The van der Waals surface area contributed by atoms with Crippen molar-refractivity contribution in [1.82, 2.24) is 20.2 Å². The summed E-state index contributed by atoms with van der Waals surface area (Å²) < 4.78 is 1.57. The molecule has 4 rings (SSSR count). The molecule has 0 aliphatic carbocycles. The van der Waals surface area contributed by atoms with Gasteiger partial charge in [-0.15, -0.1) is 5.10 Å². The molecule has 0 bridgehead atoms. The van der Waals surface area contributed by atoms with E-state index in [1.165, 1.54) is 18.3 Å². The van der Waals surface area contributed by atoms with Crippen molar-refractivity contribution in [3.8, 4) is 22.8 Å². The number of nitrogens with one attached hydrogen (secondary N) is 1. The fourth-order valence-electron chi connectivity index (χ4n) is 2.91. The molecular weight excluding hydrogens is 412 g/mol. The number of aromatic hydroxyl groups is 1. The first-order valence-corrected chi connectivity index (χ1v) is 9.41. The third-order valence-corrected chi connectivity index (χ3v) is 4.42. The molecule has 0 radical (unpaired) electrons. The van der Waals surface area contributed by atoms with Gasteiger partial charge in [0.1, 0.15) is 0 Å². The molecule has 4 aromatic rings. The van der Waals surface area contributed by atoms with E-state index >= 15 is 0 Å². The molecule has 0 saturated carbocycles. The maximum absolute atomic E-state index is 12.6. The lowest BCUT2D eigenvalue weighted by Crippen LogP contribution is -2.19. The van der Waals surface area contributed by atoms with Crippen molar-refractivity contribution < 1.29 is 14.8 Å². The number of phenolic OH excluding ortho intramolecular Hbond substituents is 1. The summed E-state index contributed by atoms with van der Waals surface area (Å²) in [7, 11) is 0. The van der Waals surface area contributed by atoms with E-state index in [0.717, 1.165) is 17.3 Å². The quantitative estimate of drug-likeness (QED) is 0.275. The Morgan fingerprint density at radius 1 is 1.06 bits per heavy atom. The van der Waals surface area contributed by atoms with Gasteiger partial charge in [-0.2, -0.15) is 5.10 Å². The number of hydrogen-bond acceptors (Lipinski definition) is 7. The van der Waals surface area contributed by atoms with Gasteiger partial charge in [-0.25, -0.2) is 15.1 Å². The van der Waals surface area contributed by atoms with Crippen molar-refractivity contribution >= 4 is 17.8 Å². The summed E-state index contributed by atoms with van der Waals surface area (Å²) in [5, 5.41) is 28.6. The molecule has 0 spiro atoms. The van der Waals surface area contributed by atoms with Gasteiger partial charge in [0, 0.05) is 17.2 Å². The lowest BCUT2D eigenvalue weighted by molar-refractivity contribution is -0.385. The molecule has 10 nitrogen and oxygen atoms in total. The van der Waals surface area contributed by atoms with Crippen LogP contribution in [0.5, 0.6) is 5.75 Å². The van der Waals surface area contributed by atoms with Gasteiger partial charge in [0.25, 0.3) is 0 Å². The van der Waals surface area contributed by atoms with Gasteiger partial charge < -0.3 is 5.11 Å². The number of nitrogens with zero attached hydrogens (tertiary/aromatic N) is 5. The van der Waals surface area contributed by atoms with Gasteiger partial charge in [-0.05, 0) is 24.3 Å². The number of para-hydroxylation sites is 1. The molecule has 3 aromatic carbocycles. The molecular formula is C22H16N6O4. The number of hydrogen-bond donors (Lipinski definition) is 2. The van der Waals surface area contributed by atoms with Crippen molar-refractivity contribution in [2.24, 2.45) is 5.10 Å². The Morgan fingerprint density at radius 3 is 2.44 bits per heavy atom. The number of nitro benzene ring substituents is 1. The molecule has 158 valence electrons. The van der Waals surface area contributed by atoms with Crippen molar-refractivity contribution in [1.29, 1.82) is 0 Å². The van der Waals surface area contributed by atoms with Crippen molar-refractivity contribution in [2.45, 2.75) is 0 Å². The van der Waals surface area contributed by atoms with Crippen LogP contribution in [0, 0.1) is 10.1 Å². The summed E-state index contributed by atoms with van der Waals surface area (Å²) in [5.74, 6) is -0.719. The minimum Gasteiger partial charge on any atom is -0.502 e. The highest BCUT2D eigenvalue weighted by atomic mass is 16.6. The second-order valence-corrected chi connectivity index (χ2v) is 6.58. The smallest absolute Gasteiger partial charge is 0.311 e. The maximum Gasteiger partial charge on any atom is 0.311 e. The SMILES string of the molecule is O=C(N/N=C/c1ccc(O)c([N+](=O)[O-])c1)c1nc(-c2ccccc2)n(-c2ccccc2)n1. The monoisotopic (exact) mass is 428 g/mol. The highest BCUT2D eigenvalue weighted by Crippen LogP contribution is 2.25. The number of aromatic nitrogens is 3. The summed E-state index contributed by atoms with van der Waals surface area (Å²) in [6, 6.07) is 22.3. The molecule has 0 unspecified atom stereocenters. The number of amides is 1. The van der Waals surface area contributed by atoms with Crippen LogP contribution in [0.25, 0.3) is 17.1 Å². The number of hydrazone groups is 1. The highest BCUT2D eigenvalue weighted by Gasteiger charge is 2.18. The standard InChI is InChI=1S/C22H16N6O4/c29-19-12-11-15(13-18(19)28(31)32)14-23-25-22(30)20-24-21(16-7-3-1-4-8-16)27(26-20)17-9-5-2-6-10-17/h1-14,29H,(H,25,30)/b23-14+. The van der Waals surface area contributed by atoms with Gasteiger partial charge in [-0.1, -0.05) is 48.5 Å². The number of phenols is 1. The van der Waals surface area contributed by atoms with E-state index in [2.05, 4.69) is 20.6 Å². The number of carbonyl (C=O) groups is 1. The third-order valence-electron chi connectivity index (χ3n) is 4.42. The summed E-state index contributed by atoms with van der Waals surface area (Å²) in [4.78, 5) is 27.2. The zero-order chi connectivity index (χ0) is 22.5. The first-order valence-electron chi connectivity index (χ1n) is 9.41. The van der Waals surface area contributed by atoms with Crippen molar-refractivity contribution in [3.05, 3.63) is 100 Å². The molecule has 1 aromatic heterocycles. The Hall–Kier alpha value is -4.86. The van der Waals surface area contributed by atoms with E-state index in [4.69, 9.17) is 0 Å². The van der Waals surface area contributed by atoms with Crippen LogP contribution in [0.4, 0.5) is 5.69 Å². The number of rotatable bonds is 6. The van der Waals surface area contributed by atoms with Crippen molar-refractivity contribution in [2.75, 3.05) is 0 Å². The first-order chi connectivity index (χ1) is 15.5. The normalized spacial score (nSPS) is 10.9. The minimum absolute atomic E-state index is 0.0958. The van der Waals surface area contributed by atoms with E-state index in [9.17, 15) is 20.0 Å².